The smallest absolute Gasteiger partial charge is 0.229 e. The molecule has 134 valence electrons. The number of rotatable bonds is 3. The second kappa shape index (κ2) is 6.84. The van der Waals surface area contributed by atoms with Crippen molar-refractivity contribution in [2.24, 2.45) is 0 Å². The SMILES string of the molecule is Cc1ccc(Nc2nc(N3CCN(C)CC3)nc3nccnc23)c(C)c1. The topological polar surface area (TPSA) is 70.1 Å². The van der Waals surface area contributed by atoms with Gasteiger partial charge in [0.2, 0.25) is 5.95 Å². The number of likely N-dealkylation sites (N-methyl/N-ethyl adjacent to an activating group) is 1. The molecule has 3 aromatic rings. The molecule has 1 fully saturated rings. The number of hydrogen-bond donors (Lipinski definition) is 1. The lowest BCUT2D eigenvalue weighted by Crippen LogP contribution is -2.45. The molecule has 1 N–H and O–H groups in total. The van der Waals surface area contributed by atoms with Gasteiger partial charge in [-0.2, -0.15) is 9.97 Å². The number of fused-ring (bicyclic) bond motifs is 1. The molecule has 4 rings (SSSR count). The molecule has 26 heavy (non-hydrogen) atoms. The van der Waals surface area contributed by atoms with Crippen LogP contribution in [0.4, 0.5) is 17.5 Å². The summed E-state index contributed by atoms with van der Waals surface area (Å²) in [5.41, 5.74) is 4.72. The first-order valence-corrected chi connectivity index (χ1v) is 8.87. The minimum atomic E-state index is 0.615. The monoisotopic (exact) mass is 349 g/mol. The number of aromatic nitrogens is 4. The van der Waals surface area contributed by atoms with Gasteiger partial charge in [-0.25, -0.2) is 9.97 Å². The molecule has 1 aromatic carbocycles. The average Bonchev–Trinajstić information content (AvgIpc) is 2.64. The highest BCUT2D eigenvalue weighted by atomic mass is 15.3. The molecular weight excluding hydrogens is 326 g/mol. The summed E-state index contributed by atoms with van der Waals surface area (Å²) in [6.07, 6.45) is 3.35. The molecule has 7 heteroatoms. The number of benzene rings is 1. The van der Waals surface area contributed by atoms with Gasteiger partial charge in [0.15, 0.2) is 17.0 Å². The summed E-state index contributed by atoms with van der Waals surface area (Å²) in [4.78, 5) is 22.8. The van der Waals surface area contributed by atoms with Gasteiger partial charge in [0, 0.05) is 44.3 Å². The number of nitrogens with one attached hydrogen (secondary N) is 1. The quantitative estimate of drug-likeness (QED) is 0.779. The number of piperazine rings is 1. The van der Waals surface area contributed by atoms with Crippen LogP contribution in [0.25, 0.3) is 11.2 Å². The van der Waals surface area contributed by atoms with E-state index >= 15 is 0 Å². The van der Waals surface area contributed by atoms with Crippen LogP contribution in [0.15, 0.2) is 30.6 Å². The molecule has 0 atom stereocenters. The van der Waals surface area contributed by atoms with Gasteiger partial charge in [-0.1, -0.05) is 17.7 Å². The number of aryl methyl sites for hydroxylation is 2. The Morgan fingerprint density at radius 3 is 2.50 bits per heavy atom. The molecule has 1 aliphatic rings. The van der Waals surface area contributed by atoms with Gasteiger partial charge in [-0.05, 0) is 32.5 Å². The summed E-state index contributed by atoms with van der Waals surface area (Å²) in [5, 5.41) is 3.44. The van der Waals surface area contributed by atoms with Gasteiger partial charge in [0.1, 0.15) is 0 Å². The highest BCUT2D eigenvalue weighted by molar-refractivity contribution is 5.86. The first kappa shape index (κ1) is 16.7. The fourth-order valence-corrected chi connectivity index (χ4v) is 3.17. The molecule has 0 unspecified atom stereocenters. The van der Waals surface area contributed by atoms with Crippen molar-refractivity contribution < 1.29 is 0 Å². The minimum absolute atomic E-state index is 0.615. The van der Waals surface area contributed by atoms with Crippen molar-refractivity contribution in [3.8, 4) is 0 Å². The molecular formula is C19H23N7. The lowest BCUT2D eigenvalue weighted by Gasteiger charge is -2.32. The minimum Gasteiger partial charge on any atom is -0.338 e. The van der Waals surface area contributed by atoms with Crippen LogP contribution in [-0.2, 0) is 0 Å². The maximum atomic E-state index is 4.79. The van der Waals surface area contributed by atoms with E-state index in [0.29, 0.717) is 22.9 Å². The predicted molar refractivity (Wildman–Crippen MR) is 104 cm³/mol. The van der Waals surface area contributed by atoms with Crippen LogP contribution in [0.2, 0.25) is 0 Å². The van der Waals surface area contributed by atoms with Crippen molar-refractivity contribution in [1.82, 2.24) is 24.8 Å². The zero-order valence-electron chi connectivity index (χ0n) is 15.4. The predicted octanol–water partition coefficient (Wildman–Crippen LogP) is 2.53. The van der Waals surface area contributed by atoms with Gasteiger partial charge < -0.3 is 15.1 Å². The van der Waals surface area contributed by atoms with Gasteiger partial charge >= 0.3 is 0 Å². The van der Waals surface area contributed by atoms with E-state index in [1.807, 2.05) is 0 Å². The van der Waals surface area contributed by atoms with E-state index in [1.165, 1.54) is 11.1 Å². The van der Waals surface area contributed by atoms with Crippen LogP contribution >= 0.6 is 0 Å². The van der Waals surface area contributed by atoms with Crippen LogP contribution in [0.3, 0.4) is 0 Å². The Morgan fingerprint density at radius 1 is 0.962 bits per heavy atom. The molecule has 3 heterocycles. The lowest BCUT2D eigenvalue weighted by molar-refractivity contribution is 0.311. The highest BCUT2D eigenvalue weighted by Crippen LogP contribution is 2.26. The van der Waals surface area contributed by atoms with Crippen LogP contribution in [0.5, 0.6) is 0 Å². The van der Waals surface area contributed by atoms with E-state index in [4.69, 9.17) is 4.98 Å². The highest BCUT2D eigenvalue weighted by Gasteiger charge is 2.19. The summed E-state index contributed by atoms with van der Waals surface area (Å²) in [6, 6.07) is 6.31. The first-order valence-electron chi connectivity index (χ1n) is 8.87. The van der Waals surface area contributed by atoms with Gasteiger partial charge in [-0.3, -0.25) is 0 Å². The normalized spacial score (nSPS) is 15.4. The van der Waals surface area contributed by atoms with Crippen molar-refractivity contribution >= 4 is 28.6 Å². The Kier molecular flexibility index (Phi) is 4.38. The van der Waals surface area contributed by atoms with Crippen molar-refractivity contribution in [2.45, 2.75) is 13.8 Å². The third kappa shape index (κ3) is 3.30. The van der Waals surface area contributed by atoms with E-state index in [2.05, 4.69) is 69.2 Å². The molecule has 0 bridgehead atoms. The van der Waals surface area contributed by atoms with E-state index in [1.54, 1.807) is 12.4 Å². The number of anilines is 3. The maximum Gasteiger partial charge on any atom is 0.229 e. The lowest BCUT2D eigenvalue weighted by atomic mass is 10.1. The number of nitrogens with zero attached hydrogens (tertiary/aromatic N) is 6. The molecule has 0 radical (unpaired) electrons. The summed E-state index contributed by atoms with van der Waals surface area (Å²) in [6.45, 7) is 8.00. The van der Waals surface area contributed by atoms with Crippen LogP contribution in [0.1, 0.15) is 11.1 Å². The second-order valence-corrected chi connectivity index (χ2v) is 6.83. The maximum absolute atomic E-state index is 4.79. The summed E-state index contributed by atoms with van der Waals surface area (Å²) in [5.74, 6) is 1.40. The molecule has 0 aliphatic carbocycles. The fourth-order valence-electron chi connectivity index (χ4n) is 3.17. The zero-order chi connectivity index (χ0) is 18.1. The van der Waals surface area contributed by atoms with Gasteiger partial charge in [0.25, 0.3) is 0 Å². The Bertz CT molecular complexity index is 932. The largest absolute Gasteiger partial charge is 0.338 e. The first-order chi connectivity index (χ1) is 12.6. The van der Waals surface area contributed by atoms with Crippen molar-refractivity contribution in [3.05, 3.63) is 41.7 Å². The van der Waals surface area contributed by atoms with Crippen LogP contribution in [-0.4, -0.2) is 58.1 Å². The standard InChI is InChI=1S/C19H23N7/c1-13-4-5-15(14(2)12-13)22-18-16-17(21-7-6-20-16)23-19(24-18)26-10-8-25(3)9-11-26/h4-7,12H,8-11H2,1-3H3,(H,21,22,23,24). The Hall–Kier alpha value is -2.80. The Morgan fingerprint density at radius 2 is 1.73 bits per heavy atom. The van der Waals surface area contributed by atoms with Crippen LogP contribution in [0, 0.1) is 13.8 Å². The molecule has 0 saturated carbocycles. The van der Waals surface area contributed by atoms with Crippen molar-refractivity contribution in [3.63, 3.8) is 0 Å². The Labute approximate surface area is 153 Å². The number of hydrogen-bond acceptors (Lipinski definition) is 7. The van der Waals surface area contributed by atoms with E-state index in [-0.39, 0.29) is 0 Å². The molecule has 1 aliphatic heterocycles. The average molecular weight is 349 g/mol. The molecule has 0 spiro atoms. The molecule has 0 amide bonds. The zero-order valence-corrected chi connectivity index (χ0v) is 15.4. The summed E-state index contributed by atoms with van der Waals surface area (Å²) in [7, 11) is 2.14. The molecule has 1 saturated heterocycles. The van der Waals surface area contributed by atoms with E-state index < -0.39 is 0 Å². The fraction of sp³-hybridized carbons (Fsp3) is 0.368. The van der Waals surface area contributed by atoms with Crippen molar-refractivity contribution in [2.75, 3.05) is 43.4 Å². The van der Waals surface area contributed by atoms with E-state index in [0.717, 1.165) is 31.9 Å². The van der Waals surface area contributed by atoms with E-state index in [9.17, 15) is 0 Å². The molecule has 7 nitrogen and oxygen atoms in total. The van der Waals surface area contributed by atoms with Gasteiger partial charge in [-0.15, -0.1) is 0 Å². The third-order valence-corrected chi connectivity index (χ3v) is 4.74. The molecule has 2 aromatic heterocycles. The van der Waals surface area contributed by atoms with Crippen molar-refractivity contribution in [1.29, 1.82) is 0 Å². The van der Waals surface area contributed by atoms with Crippen LogP contribution < -0.4 is 10.2 Å². The third-order valence-electron chi connectivity index (χ3n) is 4.74. The Balaban J connectivity index is 1.74. The summed E-state index contributed by atoms with van der Waals surface area (Å²) < 4.78 is 0. The second-order valence-electron chi connectivity index (χ2n) is 6.83. The summed E-state index contributed by atoms with van der Waals surface area (Å²) >= 11 is 0. The van der Waals surface area contributed by atoms with Gasteiger partial charge in [0.05, 0.1) is 0 Å².